The molecule has 1 heterocycles. The Morgan fingerprint density at radius 1 is 1.40 bits per heavy atom. The largest absolute Gasteiger partial charge is 0.316 e. The van der Waals surface area contributed by atoms with E-state index in [9.17, 15) is 4.79 Å². The van der Waals surface area contributed by atoms with Gasteiger partial charge in [0.1, 0.15) is 6.29 Å². The lowest BCUT2D eigenvalue weighted by atomic mass is 9.86. The highest BCUT2D eigenvalue weighted by molar-refractivity contribution is 5.75. The normalized spacial score (nSPS) is 26.2. The van der Waals surface area contributed by atoms with Crippen LogP contribution in [0, 0.1) is 5.92 Å². The third kappa shape index (κ3) is 2.45. The molecule has 2 rings (SSSR count). The van der Waals surface area contributed by atoms with Crippen LogP contribution in [0.3, 0.4) is 0 Å². The average Bonchev–Trinajstić information content (AvgIpc) is 2.29. The maximum atomic E-state index is 10.7. The van der Waals surface area contributed by atoms with E-state index in [1.807, 2.05) is 18.2 Å². The molecule has 1 aliphatic rings. The van der Waals surface area contributed by atoms with Crippen LogP contribution in [0.5, 0.6) is 0 Å². The summed E-state index contributed by atoms with van der Waals surface area (Å²) in [5, 5.41) is 3.43. The molecule has 1 aromatic rings. The molecule has 80 valence electrons. The van der Waals surface area contributed by atoms with E-state index in [2.05, 4.69) is 18.3 Å². The van der Waals surface area contributed by atoms with Gasteiger partial charge in [0.25, 0.3) is 0 Å². The SMILES string of the molecule is CC1CNCC(c2cccc(C=O)c2)C1. The van der Waals surface area contributed by atoms with Gasteiger partial charge in [0.15, 0.2) is 0 Å². The van der Waals surface area contributed by atoms with Crippen molar-refractivity contribution in [1.29, 1.82) is 0 Å². The monoisotopic (exact) mass is 203 g/mol. The Balaban J connectivity index is 2.17. The first-order chi connectivity index (χ1) is 7.29. The molecule has 0 radical (unpaired) electrons. The van der Waals surface area contributed by atoms with Crippen LogP contribution >= 0.6 is 0 Å². The second kappa shape index (κ2) is 4.58. The van der Waals surface area contributed by atoms with E-state index < -0.39 is 0 Å². The predicted octanol–water partition coefficient (Wildman–Crippen LogP) is 2.21. The van der Waals surface area contributed by atoms with Crippen molar-refractivity contribution in [1.82, 2.24) is 5.32 Å². The van der Waals surface area contributed by atoms with Crippen LogP contribution in [-0.4, -0.2) is 19.4 Å². The first-order valence-electron chi connectivity index (χ1n) is 5.55. The van der Waals surface area contributed by atoms with Crippen molar-refractivity contribution in [3.8, 4) is 0 Å². The molecule has 2 unspecified atom stereocenters. The third-order valence-electron chi connectivity index (χ3n) is 3.09. The fourth-order valence-electron chi connectivity index (χ4n) is 2.30. The summed E-state index contributed by atoms with van der Waals surface area (Å²) in [4.78, 5) is 10.7. The number of rotatable bonds is 2. The van der Waals surface area contributed by atoms with E-state index in [0.29, 0.717) is 5.92 Å². The van der Waals surface area contributed by atoms with Crippen LogP contribution in [0.15, 0.2) is 24.3 Å². The van der Waals surface area contributed by atoms with E-state index in [4.69, 9.17) is 0 Å². The number of aldehydes is 1. The Morgan fingerprint density at radius 2 is 2.27 bits per heavy atom. The predicted molar refractivity (Wildman–Crippen MR) is 61.2 cm³/mol. The number of nitrogens with one attached hydrogen (secondary N) is 1. The summed E-state index contributed by atoms with van der Waals surface area (Å²) < 4.78 is 0. The molecule has 1 aliphatic heterocycles. The molecule has 0 saturated carbocycles. The lowest BCUT2D eigenvalue weighted by molar-refractivity contribution is 0.112. The zero-order valence-corrected chi connectivity index (χ0v) is 9.07. The van der Waals surface area contributed by atoms with Gasteiger partial charge in [0, 0.05) is 12.1 Å². The van der Waals surface area contributed by atoms with Crippen molar-refractivity contribution in [3.63, 3.8) is 0 Å². The fourth-order valence-corrected chi connectivity index (χ4v) is 2.30. The van der Waals surface area contributed by atoms with E-state index >= 15 is 0 Å². The van der Waals surface area contributed by atoms with E-state index in [1.54, 1.807) is 0 Å². The molecule has 0 spiro atoms. The summed E-state index contributed by atoms with van der Waals surface area (Å²) in [6.45, 7) is 4.42. The van der Waals surface area contributed by atoms with E-state index in [0.717, 1.165) is 30.9 Å². The quantitative estimate of drug-likeness (QED) is 0.747. The van der Waals surface area contributed by atoms with Crippen LogP contribution in [0.1, 0.15) is 35.2 Å². The van der Waals surface area contributed by atoms with Gasteiger partial charge >= 0.3 is 0 Å². The average molecular weight is 203 g/mol. The van der Waals surface area contributed by atoms with Gasteiger partial charge in [-0.05, 0) is 36.4 Å². The number of piperidine rings is 1. The Bertz CT molecular complexity index is 348. The lowest BCUT2D eigenvalue weighted by Gasteiger charge is -2.28. The van der Waals surface area contributed by atoms with Crippen molar-refractivity contribution in [2.45, 2.75) is 19.3 Å². The molecule has 1 aromatic carbocycles. The molecule has 2 heteroatoms. The van der Waals surface area contributed by atoms with E-state index in [1.165, 1.54) is 12.0 Å². The number of hydrogen-bond acceptors (Lipinski definition) is 2. The Morgan fingerprint density at radius 3 is 3.00 bits per heavy atom. The maximum Gasteiger partial charge on any atom is 0.150 e. The van der Waals surface area contributed by atoms with Gasteiger partial charge < -0.3 is 5.32 Å². The highest BCUT2D eigenvalue weighted by Crippen LogP contribution is 2.26. The summed E-state index contributed by atoms with van der Waals surface area (Å²) >= 11 is 0. The first kappa shape index (κ1) is 10.4. The first-order valence-corrected chi connectivity index (χ1v) is 5.55. The third-order valence-corrected chi connectivity index (χ3v) is 3.09. The van der Waals surface area contributed by atoms with Crippen molar-refractivity contribution >= 4 is 6.29 Å². The molecule has 2 nitrogen and oxygen atoms in total. The summed E-state index contributed by atoms with van der Waals surface area (Å²) in [7, 11) is 0. The standard InChI is InChI=1S/C13H17NO/c1-10-5-13(8-14-7-10)12-4-2-3-11(6-12)9-15/h2-4,6,9-10,13-14H,5,7-8H2,1H3. The minimum atomic E-state index is 0.564. The zero-order chi connectivity index (χ0) is 10.7. The summed E-state index contributed by atoms with van der Waals surface area (Å²) in [5.41, 5.74) is 2.07. The van der Waals surface area contributed by atoms with Gasteiger partial charge in [-0.25, -0.2) is 0 Å². The lowest BCUT2D eigenvalue weighted by Crippen LogP contribution is -2.33. The van der Waals surface area contributed by atoms with Crippen LogP contribution in [-0.2, 0) is 0 Å². The van der Waals surface area contributed by atoms with Gasteiger partial charge in [-0.1, -0.05) is 25.1 Å². The number of carbonyl (C=O) groups is 1. The van der Waals surface area contributed by atoms with Crippen molar-refractivity contribution in [3.05, 3.63) is 35.4 Å². The summed E-state index contributed by atoms with van der Waals surface area (Å²) in [6.07, 6.45) is 2.14. The van der Waals surface area contributed by atoms with Gasteiger partial charge in [-0.15, -0.1) is 0 Å². The highest BCUT2D eigenvalue weighted by atomic mass is 16.1. The molecule has 1 fully saturated rings. The van der Waals surface area contributed by atoms with Gasteiger partial charge in [-0.2, -0.15) is 0 Å². The summed E-state index contributed by atoms with van der Waals surface area (Å²) in [5.74, 6) is 1.29. The van der Waals surface area contributed by atoms with Gasteiger partial charge in [-0.3, -0.25) is 4.79 Å². The van der Waals surface area contributed by atoms with Crippen molar-refractivity contribution in [2.24, 2.45) is 5.92 Å². The maximum absolute atomic E-state index is 10.7. The highest BCUT2D eigenvalue weighted by Gasteiger charge is 2.19. The molecule has 0 amide bonds. The molecular formula is C13H17NO. The molecular weight excluding hydrogens is 186 g/mol. The van der Waals surface area contributed by atoms with Gasteiger partial charge in [0.2, 0.25) is 0 Å². The zero-order valence-electron chi connectivity index (χ0n) is 9.07. The number of carbonyl (C=O) groups excluding carboxylic acids is 1. The smallest absolute Gasteiger partial charge is 0.150 e. The molecule has 0 bridgehead atoms. The van der Waals surface area contributed by atoms with Crippen LogP contribution < -0.4 is 5.32 Å². The molecule has 0 aromatic heterocycles. The molecule has 1 saturated heterocycles. The second-order valence-electron chi connectivity index (χ2n) is 4.48. The van der Waals surface area contributed by atoms with Crippen molar-refractivity contribution < 1.29 is 4.79 Å². The van der Waals surface area contributed by atoms with Crippen LogP contribution in [0.2, 0.25) is 0 Å². The molecule has 0 aliphatic carbocycles. The number of hydrogen-bond donors (Lipinski definition) is 1. The summed E-state index contributed by atoms with van der Waals surface area (Å²) in [6, 6.07) is 7.96. The van der Waals surface area contributed by atoms with Gasteiger partial charge in [0.05, 0.1) is 0 Å². The Kier molecular flexibility index (Phi) is 3.17. The van der Waals surface area contributed by atoms with Crippen molar-refractivity contribution in [2.75, 3.05) is 13.1 Å². The Hall–Kier alpha value is -1.15. The number of benzene rings is 1. The van der Waals surface area contributed by atoms with Crippen LogP contribution in [0.4, 0.5) is 0 Å². The topological polar surface area (TPSA) is 29.1 Å². The minimum absolute atomic E-state index is 0.564. The Labute approximate surface area is 90.7 Å². The minimum Gasteiger partial charge on any atom is -0.316 e. The van der Waals surface area contributed by atoms with Crippen LogP contribution in [0.25, 0.3) is 0 Å². The molecule has 1 N–H and O–H groups in total. The fraction of sp³-hybridized carbons (Fsp3) is 0.462. The molecule has 15 heavy (non-hydrogen) atoms. The second-order valence-corrected chi connectivity index (χ2v) is 4.48. The van der Waals surface area contributed by atoms with E-state index in [-0.39, 0.29) is 0 Å². The molecule has 2 atom stereocenters.